The summed E-state index contributed by atoms with van der Waals surface area (Å²) in [4.78, 5) is 0. The predicted octanol–water partition coefficient (Wildman–Crippen LogP) is 7.92. The summed E-state index contributed by atoms with van der Waals surface area (Å²) in [7, 11) is 0.434. The molecule has 1 atom stereocenters. The third-order valence-corrected chi connectivity index (χ3v) is 5.20. The van der Waals surface area contributed by atoms with Gasteiger partial charge in [-0.15, -0.1) is 0 Å². The number of hydrogen-bond donors (Lipinski definition) is 0. The molecule has 0 radical (unpaired) electrons. The summed E-state index contributed by atoms with van der Waals surface area (Å²) in [5.74, 6) is 5.15. The Labute approximate surface area is 169 Å². The fraction of sp³-hybridized carbons (Fsp3) is 0.269. The van der Waals surface area contributed by atoms with Crippen molar-refractivity contribution in [2.24, 2.45) is 0 Å². The molecule has 1 heteroatoms. The topological polar surface area (TPSA) is 0 Å². The molecule has 144 valence electrons. The molecule has 0 saturated carbocycles. The van der Waals surface area contributed by atoms with Crippen LogP contribution in [0, 0.1) is 6.92 Å². The monoisotopic (exact) mass is 378 g/mol. The van der Waals surface area contributed by atoms with E-state index in [1.54, 1.807) is 0 Å². The first-order chi connectivity index (χ1) is 12.9. The fourth-order valence-electron chi connectivity index (χ4n) is 2.80. The molecule has 0 aromatic heterocycles. The van der Waals surface area contributed by atoms with Crippen molar-refractivity contribution in [2.45, 2.75) is 34.1 Å². The molecule has 2 rings (SSSR count). The number of allylic oxidation sites excluding steroid dienone is 5. The summed E-state index contributed by atoms with van der Waals surface area (Å²) in [6.45, 7) is 12.5. The molecule has 0 saturated heterocycles. The lowest BCUT2D eigenvalue weighted by Crippen LogP contribution is -1.90. The number of rotatable bonds is 6. The zero-order chi connectivity index (χ0) is 20.2. The molecular formula is C26H34S. The molecule has 2 aromatic rings. The number of benzene rings is 2. The van der Waals surface area contributed by atoms with Gasteiger partial charge in [-0.3, -0.25) is 0 Å². The van der Waals surface area contributed by atoms with Gasteiger partial charge >= 0.3 is 0 Å². The molecule has 0 spiro atoms. The zero-order valence-electron chi connectivity index (χ0n) is 17.6. The van der Waals surface area contributed by atoms with E-state index in [0.29, 0.717) is 10.5 Å². The van der Waals surface area contributed by atoms with Crippen LogP contribution >= 0.6 is 10.5 Å². The van der Waals surface area contributed by atoms with Crippen LogP contribution in [0.25, 0.3) is 16.7 Å². The second kappa shape index (κ2) is 12.3. The average molecular weight is 379 g/mol. The molecule has 0 heterocycles. The van der Waals surface area contributed by atoms with Gasteiger partial charge in [0.15, 0.2) is 0 Å². The van der Waals surface area contributed by atoms with Crippen LogP contribution < -0.4 is 0 Å². The van der Waals surface area contributed by atoms with Gasteiger partial charge in [-0.05, 0) is 67.0 Å². The summed E-state index contributed by atoms with van der Waals surface area (Å²) in [5.41, 5.74) is 7.32. The van der Waals surface area contributed by atoms with Crippen LogP contribution in [0.3, 0.4) is 0 Å². The van der Waals surface area contributed by atoms with Gasteiger partial charge in [0.2, 0.25) is 0 Å². The SMILES string of the molecule is C=C(C)/C(=C\C=C/C)c1ccc(-c2ccccc2)c(C)c1.C=S(C)CCC. The van der Waals surface area contributed by atoms with Crippen molar-refractivity contribution in [1.29, 1.82) is 0 Å². The molecule has 0 fully saturated rings. The van der Waals surface area contributed by atoms with Crippen LogP contribution in [0.5, 0.6) is 0 Å². The maximum Gasteiger partial charge on any atom is -0.0128 e. The Morgan fingerprint density at radius 1 is 1.11 bits per heavy atom. The molecule has 0 nitrogen and oxygen atoms in total. The molecular weight excluding hydrogens is 344 g/mol. The average Bonchev–Trinajstić information content (AvgIpc) is 2.63. The van der Waals surface area contributed by atoms with Gasteiger partial charge in [-0.25, -0.2) is 0 Å². The summed E-state index contributed by atoms with van der Waals surface area (Å²) in [5, 5.41) is 0. The highest BCUT2D eigenvalue weighted by molar-refractivity contribution is 8.13. The standard InChI is InChI=1S/C21H22.C5H12S/c1-5-6-12-20(16(2)3)19-13-14-21(17(4)15-19)18-10-8-7-9-11-18;1-4-5-6(2)3/h5-15H,2H2,1,3-4H3;2,4-5H2,1,3H3/b6-5-,20-12+;. The van der Waals surface area contributed by atoms with E-state index in [-0.39, 0.29) is 0 Å². The Balaban J connectivity index is 0.000000527. The molecule has 0 N–H and O–H groups in total. The molecule has 27 heavy (non-hydrogen) atoms. The van der Waals surface area contributed by atoms with Crippen molar-refractivity contribution in [1.82, 2.24) is 0 Å². The molecule has 0 aliphatic heterocycles. The van der Waals surface area contributed by atoms with Gasteiger partial charge in [0.25, 0.3) is 0 Å². The molecule has 2 aromatic carbocycles. The van der Waals surface area contributed by atoms with E-state index in [0.717, 1.165) is 5.57 Å². The van der Waals surface area contributed by atoms with Crippen LogP contribution in [0.4, 0.5) is 0 Å². The highest BCUT2D eigenvalue weighted by Crippen LogP contribution is 2.28. The highest BCUT2D eigenvalue weighted by Gasteiger charge is 2.06. The predicted molar refractivity (Wildman–Crippen MR) is 130 cm³/mol. The lowest BCUT2D eigenvalue weighted by Gasteiger charge is -2.11. The Bertz CT molecular complexity index is 807. The minimum Gasteiger partial charge on any atom is -0.196 e. The highest BCUT2D eigenvalue weighted by atomic mass is 32.2. The van der Waals surface area contributed by atoms with E-state index in [4.69, 9.17) is 0 Å². The summed E-state index contributed by atoms with van der Waals surface area (Å²) < 4.78 is 0. The van der Waals surface area contributed by atoms with E-state index in [2.05, 4.69) is 94.1 Å². The zero-order valence-corrected chi connectivity index (χ0v) is 18.4. The third kappa shape index (κ3) is 7.97. The van der Waals surface area contributed by atoms with Crippen molar-refractivity contribution in [2.75, 3.05) is 12.0 Å². The Kier molecular flexibility index (Phi) is 10.4. The van der Waals surface area contributed by atoms with Crippen molar-refractivity contribution in [3.05, 3.63) is 90.0 Å². The van der Waals surface area contributed by atoms with E-state index < -0.39 is 0 Å². The molecule has 0 aliphatic rings. The first kappa shape index (κ1) is 22.9. The Morgan fingerprint density at radius 3 is 2.22 bits per heavy atom. The molecule has 0 bridgehead atoms. The van der Waals surface area contributed by atoms with Gasteiger partial charge in [0.05, 0.1) is 0 Å². The normalized spacial score (nSPS) is 12.4. The Hall–Kier alpha value is -2.12. The van der Waals surface area contributed by atoms with Gasteiger partial charge in [-0.1, -0.05) is 91.7 Å². The summed E-state index contributed by atoms with van der Waals surface area (Å²) in [6, 6.07) is 17.1. The van der Waals surface area contributed by atoms with Crippen molar-refractivity contribution in [3.63, 3.8) is 0 Å². The maximum absolute atomic E-state index is 4.09. The van der Waals surface area contributed by atoms with Gasteiger partial charge in [0, 0.05) is 0 Å². The van der Waals surface area contributed by atoms with E-state index in [1.165, 1.54) is 40.0 Å². The maximum atomic E-state index is 4.09. The van der Waals surface area contributed by atoms with E-state index in [9.17, 15) is 0 Å². The molecule has 0 aliphatic carbocycles. The second-order valence-corrected chi connectivity index (χ2v) is 8.74. The van der Waals surface area contributed by atoms with Gasteiger partial charge in [-0.2, -0.15) is 10.5 Å². The van der Waals surface area contributed by atoms with Crippen molar-refractivity contribution >= 4 is 21.9 Å². The quantitative estimate of drug-likeness (QED) is 0.353. The largest absolute Gasteiger partial charge is 0.196 e. The molecule has 1 unspecified atom stereocenters. The molecule has 0 amide bonds. The van der Waals surface area contributed by atoms with Crippen LogP contribution in [0.1, 0.15) is 38.3 Å². The lowest BCUT2D eigenvalue weighted by atomic mass is 9.93. The van der Waals surface area contributed by atoms with Crippen LogP contribution in [-0.4, -0.2) is 17.9 Å². The van der Waals surface area contributed by atoms with Crippen LogP contribution in [0.15, 0.2) is 78.9 Å². The first-order valence-corrected chi connectivity index (χ1v) is 11.4. The third-order valence-electron chi connectivity index (χ3n) is 4.09. The van der Waals surface area contributed by atoms with Crippen molar-refractivity contribution < 1.29 is 0 Å². The minimum absolute atomic E-state index is 0.434. The summed E-state index contributed by atoms with van der Waals surface area (Å²) in [6.07, 6.45) is 9.67. The van der Waals surface area contributed by atoms with E-state index in [1.807, 2.05) is 19.1 Å². The first-order valence-electron chi connectivity index (χ1n) is 9.48. The van der Waals surface area contributed by atoms with Gasteiger partial charge in [0.1, 0.15) is 0 Å². The summed E-state index contributed by atoms with van der Waals surface area (Å²) >= 11 is 0. The fourth-order valence-corrected chi connectivity index (χ4v) is 3.50. The smallest absolute Gasteiger partial charge is 0.0128 e. The van der Waals surface area contributed by atoms with Gasteiger partial charge < -0.3 is 0 Å². The van der Waals surface area contributed by atoms with Crippen LogP contribution in [0.2, 0.25) is 0 Å². The lowest BCUT2D eigenvalue weighted by molar-refractivity contribution is 1.11. The Morgan fingerprint density at radius 2 is 1.78 bits per heavy atom. The minimum atomic E-state index is 0.434. The van der Waals surface area contributed by atoms with Crippen LogP contribution in [-0.2, 0) is 0 Å². The van der Waals surface area contributed by atoms with Crippen molar-refractivity contribution in [3.8, 4) is 11.1 Å². The second-order valence-electron chi connectivity index (χ2n) is 6.77. The van der Waals surface area contributed by atoms with E-state index >= 15 is 0 Å². The number of aryl methyl sites for hydroxylation is 1. The number of hydrogen-bond acceptors (Lipinski definition) is 0.